The van der Waals surface area contributed by atoms with E-state index in [1.165, 1.54) is 16.9 Å². The largest absolute Gasteiger partial charge is 0.454 e. The third-order valence-corrected chi connectivity index (χ3v) is 5.29. The van der Waals surface area contributed by atoms with E-state index in [2.05, 4.69) is 40.6 Å². The molecule has 1 N–H and O–H groups in total. The summed E-state index contributed by atoms with van der Waals surface area (Å²) in [5.41, 5.74) is 9.22. The third kappa shape index (κ3) is 3.42. The average Bonchev–Trinajstić information content (AvgIpc) is 3.32. The molecule has 0 amide bonds. The summed E-state index contributed by atoms with van der Waals surface area (Å²) in [5.74, 6) is 1.43. The van der Waals surface area contributed by atoms with Gasteiger partial charge in [0, 0.05) is 10.9 Å². The van der Waals surface area contributed by atoms with E-state index < -0.39 is 0 Å². The zero-order valence-corrected chi connectivity index (χ0v) is 16.6. The minimum Gasteiger partial charge on any atom is -0.454 e. The number of hydrazone groups is 1. The van der Waals surface area contributed by atoms with E-state index in [4.69, 9.17) is 9.47 Å². The summed E-state index contributed by atoms with van der Waals surface area (Å²) in [6.45, 7) is 6.33. The van der Waals surface area contributed by atoms with Crippen molar-refractivity contribution in [2.45, 2.75) is 20.8 Å². The van der Waals surface area contributed by atoms with Gasteiger partial charge in [-0.05, 0) is 50.1 Å². The van der Waals surface area contributed by atoms with Gasteiger partial charge >= 0.3 is 0 Å². The molecule has 1 aromatic heterocycles. The smallest absolute Gasteiger partial charge is 0.231 e. The van der Waals surface area contributed by atoms with Gasteiger partial charge in [0.05, 0.1) is 11.4 Å². The van der Waals surface area contributed by atoms with Crippen molar-refractivity contribution < 1.29 is 9.47 Å². The average molecular weight is 390 g/mol. The summed E-state index contributed by atoms with van der Waals surface area (Å²) < 4.78 is 10.8. The van der Waals surface area contributed by atoms with Gasteiger partial charge in [-0.3, -0.25) is 5.43 Å². The number of ether oxygens (including phenoxy) is 2. The van der Waals surface area contributed by atoms with E-state index in [0.717, 1.165) is 33.8 Å². The fraction of sp³-hybridized carbons (Fsp3) is 0.190. The highest BCUT2D eigenvalue weighted by atomic mass is 32.1. The second-order valence-corrected chi connectivity index (χ2v) is 7.42. The third-order valence-electron chi connectivity index (χ3n) is 4.44. The molecule has 3 aromatic rings. The topological polar surface area (TPSA) is 79.5 Å². The van der Waals surface area contributed by atoms with Crippen molar-refractivity contribution in [1.82, 2.24) is 4.98 Å². The van der Waals surface area contributed by atoms with Gasteiger partial charge in [-0.1, -0.05) is 17.7 Å². The maximum absolute atomic E-state index is 9.56. The lowest BCUT2D eigenvalue weighted by Crippen LogP contribution is -2.03. The summed E-state index contributed by atoms with van der Waals surface area (Å²) in [7, 11) is 0. The van der Waals surface area contributed by atoms with Gasteiger partial charge in [0.15, 0.2) is 22.2 Å². The van der Waals surface area contributed by atoms with Gasteiger partial charge in [-0.15, -0.1) is 11.3 Å². The Balaban J connectivity index is 1.60. The minimum absolute atomic E-state index is 0.232. The van der Waals surface area contributed by atoms with Crippen LogP contribution in [0, 0.1) is 32.1 Å². The number of nitrogens with one attached hydrogen (secondary N) is 1. The zero-order chi connectivity index (χ0) is 19.7. The first-order valence-corrected chi connectivity index (χ1v) is 9.60. The molecule has 0 bridgehead atoms. The Kier molecular flexibility index (Phi) is 4.72. The van der Waals surface area contributed by atoms with E-state index in [1.54, 1.807) is 0 Å². The first-order chi connectivity index (χ1) is 13.5. The quantitative estimate of drug-likeness (QED) is 0.511. The Bertz CT molecular complexity index is 1100. The minimum atomic E-state index is 0.232. The van der Waals surface area contributed by atoms with Crippen molar-refractivity contribution in [3.63, 3.8) is 0 Å². The van der Waals surface area contributed by atoms with Crippen LogP contribution in [0.3, 0.4) is 0 Å². The summed E-state index contributed by atoms with van der Waals surface area (Å²) in [6.07, 6.45) is 0. The second-order valence-electron chi connectivity index (χ2n) is 6.56. The summed E-state index contributed by atoms with van der Waals surface area (Å²) >= 11 is 1.38. The lowest BCUT2D eigenvalue weighted by molar-refractivity contribution is 0.174. The number of fused-ring (bicyclic) bond motifs is 1. The molecular weight excluding hydrogens is 372 g/mol. The normalized spacial score (nSPS) is 12.7. The van der Waals surface area contributed by atoms with Gasteiger partial charge in [0.2, 0.25) is 6.79 Å². The lowest BCUT2D eigenvalue weighted by atomic mass is 10.1. The van der Waals surface area contributed by atoms with Crippen LogP contribution < -0.4 is 14.9 Å². The Morgan fingerprint density at radius 2 is 1.89 bits per heavy atom. The van der Waals surface area contributed by atoms with Gasteiger partial charge < -0.3 is 9.47 Å². The van der Waals surface area contributed by atoms with E-state index in [1.807, 2.05) is 37.4 Å². The van der Waals surface area contributed by atoms with Crippen molar-refractivity contribution in [3.8, 4) is 28.8 Å². The number of anilines is 1. The number of aromatic nitrogens is 1. The van der Waals surface area contributed by atoms with E-state index in [-0.39, 0.29) is 12.5 Å². The zero-order valence-electron chi connectivity index (χ0n) is 15.7. The van der Waals surface area contributed by atoms with E-state index >= 15 is 0 Å². The van der Waals surface area contributed by atoms with Crippen LogP contribution in [0.15, 0.2) is 40.8 Å². The molecule has 6 nitrogen and oxygen atoms in total. The van der Waals surface area contributed by atoms with E-state index in [0.29, 0.717) is 10.8 Å². The first-order valence-electron chi connectivity index (χ1n) is 8.72. The van der Waals surface area contributed by atoms with Crippen molar-refractivity contribution in [2.75, 3.05) is 12.2 Å². The highest BCUT2D eigenvalue weighted by molar-refractivity contribution is 7.12. The molecule has 0 fully saturated rings. The van der Waals surface area contributed by atoms with Crippen LogP contribution in [0.4, 0.5) is 5.69 Å². The van der Waals surface area contributed by atoms with Gasteiger partial charge in [0.1, 0.15) is 6.07 Å². The molecule has 0 saturated heterocycles. The Hall–Kier alpha value is -3.37. The summed E-state index contributed by atoms with van der Waals surface area (Å²) in [6, 6.07) is 12.0. The summed E-state index contributed by atoms with van der Waals surface area (Å²) in [5, 5.41) is 16.3. The first kappa shape index (κ1) is 18.0. The number of hydrogen-bond acceptors (Lipinski definition) is 7. The molecule has 0 radical (unpaired) electrons. The van der Waals surface area contributed by atoms with Crippen LogP contribution in [0.25, 0.3) is 11.3 Å². The Labute approximate surface area is 167 Å². The number of benzene rings is 2. The summed E-state index contributed by atoms with van der Waals surface area (Å²) in [4.78, 5) is 4.58. The number of thiazole rings is 1. The fourth-order valence-electron chi connectivity index (χ4n) is 3.16. The van der Waals surface area contributed by atoms with Crippen LogP contribution in [0.5, 0.6) is 11.5 Å². The predicted octanol–water partition coefficient (Wildman–Crippen LogP) is 4.80. The number of hydrogen-bond donors (Lipinski definition) is 1. The molecule has 0 aliphatic carbocycles. The number of rotatable bonds is 4. The van der Waals surface area contributed by atoms with E-state index in [9.17, 15) is 5.26 Å². The number of aryl methyl sites for hydroxylation is 3. The molecule has 1 aliphatic heterocycles. The van der Waals surface area contributed by atoms with Crippen molar-refractivity contribution in [3.05, 3.63) is 57.4 Å². The van der Waals surface area contributed by atoms with Gasteiger partial charge in [-0.2, -0.15) is 10.4 Å². The molecule has 2 heterocycles. The number of nitriles is 1. The molecule has 140 valence electrons. The van der Waals surface area contributed by atoms with Crippen LogP contribution in [-0.2, 0) is 0 Å². The highest BCUT2D eigenvalue weighted by Gasteiger charge is 2.16. The Morgan fingerprint density at radius 1 is 1.14 bits per heavy atom. The second kappa shape index (κ2) is 7.33. The fourth-order valence-corrected chi connectivity index (χ4v) is 3.93. The molecule has 2 aromatic carbocycles. The Morgan fingerprint density at radius 3 is 2.64 bits per heavy atom. The highest BCUT2D eigenvalue weighted by Crippen LogP contribution is 2.36. The van der Waals surface area contributed by atoms with Crippen LogP contribution in [-0.4, -0.2) is 17.5 Å². The van der Waals surface area contributed by atoms with Gasteiger partial charge in [0.25, 0.3) is 0 Å². The molecule has 28 heavy (non-hydrogen) atoms. The number of nitrogens with zero attached hydrogens (tertiary/aromatic N) is 3. The maximum atomic E-state index is 9.56. The molecule has 0 saturated carbocycles. The van der Waals surface area contributed by atoms with Crippen molar-refractivity contribution >= 4 is 22.7 Å². The lowest BCUT2D eigenvalue weighted by Gasteiger charge is -2.10. The molecule has 1 aliphatic rings. The van der Waals surface area contributed by atoms with Crippen molar-refractivity contribution in [1.29, 1.82) is 5.26 Å². The van der Waals surface area contributed by atoms with Crippen molar-refractivity contribution in [2.24, 2.45) is 5.10 Å². The molecule has 0 atom stereocenters. The van der Waals surface area contributed by atoms with Crippen LogP contribution in [0.1, 0.15) is 21.7 Å². The van der Waals surface area contributed by atoms with Crippen LogP contribution in [0.2, 0.25) is 0 Å². The standard InChI is InChI=1S/C21H18N4O2S/c1-12-6-13(2)20(14(3)7-12)25-24-16(9-22)21-23-17(10-28-21)15-4-5-18-19(8-15)27-11-26-18/h4-8,10,25H,11H2,1-3H3/b24-16+. The monoisotopic (exact) mass is 390 g/mol. The molecular formula is C21H18N4O2S. The predicted molar refractivity (Wildman–Crippen MR) is 110 cm³/mol. The molecule has 0 unspecified atom stereocenters. The van der Waals surface area contributed by atoms with Gasteiger partial charge in [-0.25, -0.2) is 4.98 Å². The maximum Gasteiger partial charge on any atom is 0.231 e. The SMILES string of the molecule is Cc1cc(C)c(N/N=C(\C#N)c2nc(-c3ccc4c(c3)OCO4)cs2)c(C)c1. The molecule has 7 heteroatoms. The van der Waals surface area contributed by atoms with Crippen LogP contribution >= 0.6 is 11.3 Å². The molecule has 4 rings (SSSR count). The molecule has 0 spiro atoms.